The van der Waals surface area contributed by atoms with E-state index in [1.807, 2.05) is 6.07 Å². The normalized spacial score (nSPS) is 20.5. The summed E-state index contributed by atoms with van der Waals surface area (Å²) in [6.07, 6.45) is 0. The summed E-state index contributed by atoms with van der Waals surface area (Å²) in [5.74, 6) is -0.363. The molecular formula is C8H4BrClO2. The second-order valence-corrected chi connectivity index (χ2v) is 3.66. The van der Waals surface area contributed by atoms with Gasteiger partial charge in [-0.3, -0.25) is 0 Å². The van der Waals surface area contributed by atoms with Gasteiger partial charge in [0.05, 0.1) is 10.6 Å². The van der Waals surface area contributed by atoms with E-state index in [0.29, 0.717) is 10.6 Å². The minimum atomic E-state index is -0.363. The Balaban J connectivity index is 2.67. The number of benzene rings is 1. The van der Waals surface area contributed by atoms with Crippen LogP contribution in [0, 0.1) is 0 Å². The summed E-state index contributed by atoms with van der Waals surface area (Å²) in [5.41, 5.74) is 1.27. The maximum absolute atomic E-state index is 11.2. The Morgan fingerprint density at radius 1 is 1.50 bits per heavy atom. The van der Waals surface area contributed by atoms with Crippen LogP contribution in [0.5, 0.6) is 0 Å². The number of carbonyl (C=O) groups is 1. The highest BCUT2D eigenvalue weighted by Gasteiger charge is 2.30. The van der Waals surface area contributed by atoms with Crippen molar-refractivity contribution in [2.45, 2.75) is 5.01 Å². The molecule has 0 saturated carbocycles. The number of cyclic esters (lactones) is 1. The third kappa shape index (κ3) is 1.04. The molecule has 1 aliphatic rings. The number of fused-ring (bicyclic) bond motifs is 1. The smallest absolute Gasteiger partial charge is 0.341 e. The fraction of sp³-hybridized carbons (Fsp3) is 0.125. The molecular weight excluding hydrogens is 243 g/mol. The Hall–Kier alpha value is -0.540. The van der Waals surface area contributed by atoms with Gasteiger partial charge in [0.25, 0.3) is 0 Å². The van der Waals surface area contributed by atoms with Crippen LogP contribution in [-0.2, 0) is 4.74 Å². The Morgan fingerprint density at radius 3 is 2.92 bits per heavy atom. The molecule has 0 radical (unpaired) electrons. The van der Waals surface area contributed by atoms with E-state index < -0.39 is 0 Å². The molecule has 0 amide bonds. The molecule has 2 nitrogen and oxygen atoms in total. The van der Waals surface area contributed by atoms with E-state index in [9.17, 15) is 4.79 Å². The predicted octanol–water partition coefficient (Wildman–Crippen LogP) is 2.90. The first kappa shape index (κ1) is 8.08. The van der Waals surface area contributed by atoms with E-state index in [0.717, 1.165) is 5.56 Å². The number of hydrogen-bond donors (Lipinski definition) is 0. The monoisotopic (exact) mass is 246 g/mol. The third-order valence-corrected chi connectivity index (χ3v) is 2.70. The molecule has 0 N–H and O–H groups in total. The molecule has 2 rings (SSSR count). The quantitative estimate of drug-likeness (QED) is 0.520. The number of rotatable bonds is 0. The topological polar surface area (TPSA) is 26.3 Å². The first-order valence-corrected chi connectivity index (χ1v) is 4.63. The molecule has 1 aliphatic heterocycles. The highest BCUT2D eigenvalue weighted by molar-refractivity contribution is 9.09. The van der Waals surface area contributed by atoms with Gasteiger partial charge < -0.3 is 4.74 Å². The van der Waals surface area contributed by atoms with Crippen molar-refractivity contribution in [2.75, 3.05) is 0 Å². The summed E-state index contributed by atoms with van der Waals surface area (Å²) in [6, 6.07) is 5.27. The average Bonchev–Trinajstić information content (AvgIpc) is 2.29. The molecule has 1 atom stereocenters. The third-order valence-electron chi connectivity index (χ3n) is 1.70. The highest BCUT2D eigenvalue weighted by atomic mass is 79.9. The van der Waals surface area contributed by atoms with Crippen molar-refractivity contribution in [2.24, 2.45) is 0 Å². The van der Waals surface area contributed by atoms with Gasteiger partial charge in [0.15, 0.2) is 5.01 Å². The highest BCUT2D eigenvalue weighted by Crippen LogP contribution is 2.38. The second kappa shape index (κ2) is 2.75. The number of carbonyl (C=O) groups excluding carboxylic acids is 1. The van der Waals surface area contributed by atoms with Crippen molar-refractivity contribution in [1.82, 2.24) is 0 Å². The summed E-state index contributed by atoms with van der Waals surface area (Å²) < 4.78 is 4.91. The fourth-order valence-corrected chi connectivity index (χ4v) is 1.97. The van der Waals surface area contributed by atoms with Crippen LogP contribution in [-0.4, -0.2) is 5.97 Å². The standard InChI is InChI=1S/C8H4BrClO2/c9-7-4-2-1-3-5(10)6(4)8(11)12-7/h1-3,7H. The molecule has 4 heteroatoms. The summed E-state index contributed by atoms with van der Waals surface area (Å²) in [5, 5.41) is 0.0955. The first-order chi connectivity index (χ1) is 5.70. The molecule has 62 valence electrons. The molecule has 0 saturated heterocycles. The Labute approximate surface area is 82.6 Å². The van der Waals surface area contributed by atoms with Gasteiger partial charge in [-0.2, -0.15) is 0 Å². The predicted molar refractivity (Wildman–Crippen MR) is 48.5 cm³/mol. The molecule has 0 spiro atoms. The molecule has 0 aliphatic carbocycles. The van der Waals surface area contributed by atoms with E-state index in [1.165, 1.54) is 0 Å². The average molecular weight is 247 g/mol. The van der Waals surface area contributed by atoms with Crippen LogP contribution in [0.25, 0.3) is 0 Å². The van der Waals surface area contributed by atoms with E-state index in [4.69, 9.17) is 16.3 Å². The summed E-state index contributed by atoms with van der Waals surface area (Å²) >= 11 is 9.02. The Bertz CT molecular complexity index is 351. The summed E-state index contributed by atoms with van der Waals surface area (Å²) in [4.78, 5) is 11.2. The van der Waals surface area contributed by atoms with Crippen LogP contribution < -0.4 is 0 Å². The van der Waals surface area contributed by atoms with Gasteiger partial charge in [-0.1, -0.05) is 23.7 Å². The van der Waals surface area contributed by atoms with Gasteiger partial charge in [0, 0.05) is 5.56 Å². The van der Waals surface area contributed by atoms with Gasteiger partial charge in [0.2, 0.25) is 0 Å². The van der Waals surface area contributed by atoms with Crippen LogP contribution in [0.4, 0.5) is 0 Å². The number of halogens is 2. The number of alkyl halides is 1. The molecule has 1 unspecified atom stereocenters. The number of hydrogen-bond acceptors (Lipinski definition) is 2. The molecule has 1 aromatic carbocycles. The molecule has 1 heterocycles. The lowest BCUT2D eigenvalue weighted by Crippen LogP contribution is -1.94. The lowest BCUT2D eigenvalue weighted by atomic mass is 10.1. The van der Waals surface area contributed by atoms with Crippen molar-refractivity contribution in [3.8, 4) is 0 Å². The van der Waals surface area contributed by atoms with Crippen LogP contribution in [0.3, 0.4) is 0 Å². The van der Waals surface area contributed by atoms with Crippen molar-refractivity contribution in [1.29, 1.82) is 0 Å². The Morgan fingerprint density at radius 2 is 2.25 bits per heavy atom. The van der Waals surface area contributed by atoms with E-state index in [-0.39, 0.29) is 11.0 Å². The van der Waals surface area contributed by atoms with Gasteiger partial charge in [-0.15, -0.1) is 0 Å². The van der Waals surface area contributed by atoms with E-state index in [1.54, 1.807) is 12.1 Å². The van der Waals surface area contributed by atoms with Crippen molar-refractivity contribution < 1.29 is 9.53 Å². The molecule has 1 aromatic rings. The molecule has 0 aromatic heterocycles. The zero-order valence-electron chi connectivity index (χ0n) is 5.88. The zero-order valence-corrected chi connectivity index (χ0v) is 8.22. The molecule has 0 bridgehead atoms. The van der Waals surface area contributed by atoms with Gasteiger partial charge in [-0.05, 0) is 22.0 Å². The minimum absolute atomic E-state index is 0.348. The molecule has 12 heavy (non-hydrogen) atoms. The van der Waals surface area contributed by atoms with Crippen LogP contribution in [0.2, 0.25) is 5.02 Å². The van der Waals surface area contributed by atoms with Crippen LogP contribution in [0.15, 0.2) is 18.2 Å². The minimum Gasteiger partial charge on any atom is -0.442 e. The van der Waals surface area contributed by atoms with Gasteiger partial charge >= 0.3 is 5.97 Å². The maximum Gasteiger partial charge on any atom is 0.341 e. The van der Waals surface area contributed by atoms with Crippen molar-refractivity contribution in [3.63, 3.8) is 0 Å². The van der Waals surface area contributed by atoms with E-state index in [2.05, 4.69) is 15.9 Å². The van der Waals surface area contributed by atoms with Crippen LogP contribution >= 0.6 is 27.5 Å². The zero-order chi connectivity index (χ0) is 8.72. The summed E-state index contributed by atoms with van der Waals surface area (Å²) in [7, 11) is 0. The summed E-state index contributed by atoms with van der Waals surface area (Å²) in [6.45, 7) is 0. The lowest BCUT2D eigenvalue weighted by molar-refractivity contribution is 0.0530. The molecule has 0 fully saturated rings. The number of esters is 1. The Kier molecular flexibility index (Phi) is 1.85. The maximum atomic E-state index is 11.2. The van der Waals surface area contributed by atoms with Gasteiger partial charge in [0.1, 0.15) is 0 Å². The number of ether oxygens (including phenoxy) is 1. The lowest BCUT2D eigenvalue weighted by Gasteiger charge is -1.98. The van der Waals surface area contributed by atoms with Crippen molar-refractivity contribution in [3.05, 3.63) is 34.3 Å². The van der Waals surface area contributed by atoms with Crippen LogP contribution in [0.1, 0.15) is 20.9 Å². The largest absolute Gasteiger partial charge is 0.442 e. The SMILES string of the molecule is O=C1OC(Br)c2cccc(Cl)c21. The fourth-order valence-electron chi connectivity index (χ4n) is 1.16. The second-order valence-electron chi connectivity index (χ2n) is 2.43. The van der Waals surface area contributed by atoms with Gasteiger partial charge in [-0.25, -0.2) is 4.79 Å². The van der Waals surface area contributed by atoms with E-state index >= 15 is 0 Å². The first-order valence-electron chi connectivity index (χ1n) is 3.33. The van der Waals surface area contributed by atoms with Crippen molar-refractivity contribution >= 4 is 33.5 Å².